The van der Waals surface area contributed by atoms with Crippen LogP contribution < -0.4 is 10.1 Å². The van der Waals surface area contributed by atoms with E-state index in [0.29, 0.717) is 34.7 Å². The summed E-state index contributed by atoms with van der Waals surface area (Å²) in [7, 11) is 1.62. The summed E-state index contributed by atoms with van der Waals surface area (Å²) in [6.45, 7) is 6.37. The molecule has 1 aromatic carbocycles. The lowest BCUT2D eigenvalue weighted by molar-refractivity contribution is -0.139. The number of ether oxygens (including phenoxy) is 2. The lowest BCUT2D eigenvalue weighted by atomic mass is 9.95. The van der Waals surface area contributed by atoms with Gasteiger partial charge in [-0.25, -0.2) is 9.48 Å². The molecule has 1 aromatic heterocycles. The van der Waals surface area contributed by atoms with E-state index in [4.69, 9.17) is 14.6 Å². The highest BCUT2D eigenvalue weighted by Crippen LogP contribution is 2.40. The topological polar surface area (TPSA) is 78.3 Å². The molecule has 0 saturated heterocycles. The Morgan fingerprint density at radius 2 is 2.07 bits per heavy atom. The zero-order valence-electron chi connectivity index (χ0n) is 17.4. The van der Waals surface area contributed by atoms with Gasteiger partial charge in [0.25, 0.3) is 0 Å². The zero-order chi connectivity index (χ0) is 20.8. The molecule has 156 valence electrons. The zero-order valence-corrected chi connectivity index (χ0v) is 18.2. The maximum absolute atomic E-state index is 13.0. The van der Waals surface area contributed by atoms with Gasteiger partial charge in [-0.15, -0.1) is 5.10 Å². The van der Waals surface area contributed by atoms with Gasteiger partial charge in [-0.1, -0.05) is 50.2 Å². The summed E-state index contributed by atoms with van der Waals surface area (Å²) in [4.78, 5) is 17.6. The van der Waals surface area contributed by atoms with E-state index in [0.717, 1.165) is 30.6 Å². The number of carbonyl (C=O) groups excluding carboxylic acids is 1. The number of benzene rings is 1. The number of para-hydroxylation sites is 1. The number of carbonyl (C=O) groups is 1. The minimum atomic E-state index is -0.472. The molecule has 0 radical (unpaired) electrons. The number of methoxy groups -OCH3 is 1. The molecular weight excluding hydrogens is 388 g/mol. The highest BCUT2D eigenvalue weighted by Gasteiger charge is 2.36. The Hall–Kier alpha value is -2.48. The highest BCUT2D eigenvalue weighted by molar-refractivity contribution is 7.99. The van der Waals surface area contributed by atoms with Crippen LogP contribution in [0.3, 0.4) is 0 Å². The number of anilines is 1. The Balaban J connectivity index is 2.06. The molecule has 3 rings (SSSR count). The number of nitrogens with one attached hydrogen (secondary N) is 1. The average molecular weight is 417 g/mol. The monoisotopic (exact) mass is 416 g/mol. The SMILES string of the molecule is CCCCSc1nc2n(n1)C(c1ccccc1OC)C(C(=O)OCCC)=C(C)N2. The molecule has 0 amide bonds. The van der Waals surface area contributed by atoms with Gasteiger partial charge >= 0.3 is 5.97 Å². The van der Waals surface area contributed by atoms with Gasteiger partial charge in [-0.3, -0.25) is 0 Å². The van der Waals surface area contributed by atoms with Crippen molar-refractivity contribution < 1.29 is 14.3 Å². The van der Waals surface area contributed by atoms with Crippen LogP contribution in [0.15, 0.2) is 40.7 Å². The van der Waals surface area contributed by atoms with Crippen molar-refractivity contribution in [3.63, 3.8) is 0 Å². The summed E-state index contributed by atoms with van der Waals surface area (Å²) in [6, 6.07) is 7.20. The van der Waals surface area contributed by atoms with Crippen LogP contribution in [0.1, 0.15) is 51.6 Å². The third-order valence-corrected chi connectivity index (χ3v) is 5.58. The highest BCUT2D eigenvalue weighted by atomic mass is 32.2. The van der Waals surface area contributed by atoms with Gasteiger partial charge in [0.05, 0.1) is 19.3 Å². The van der Waals surface area contributed by atoms with Crippen molar-refractivity contribution in [2.45, 2.75) is 51.2 Å². The number of rotatable bonds is 9. The summed E-state index contributed by atoms with van der Waals surface area (Å²) < 4.78 is 12.8. The quantitative estimate of drug-likeness (QED) is 0.368. The lowest BCUT2D eigenvalue weighted by Gasteiger charge is -2.29. The molecule has 7 nitrogen and oxygen atoms in total. The normalized spacial score (nSPS) is 15.7. The average Bonchev–Trinajstić information content (AvgIpc) is 3.13. The molecule has 0 saturated carbocycles. The van der Waals surface area contributed by atoms with Gasteiger partial charge < -0.3 is 14.8 Å². The lowest BCUT2D eigenvalue weighted by Crippen LogP contribution is -2.30. The molecule has 2 heterocycles. The van der Waals surface area contributed by atoms with Gasteiger partial charge in [-0.05, 0) is 25.8 Å². The summed E-state index contributed by atoms with van der Waals surface area (Å²) in [6.07, 6.45) is 2.98. The maximum Gasteiger partial charge on any atom is 0.338 e. The smallest absolute Gasteiger partial charge is 0.338 e. The van der Waals surface area contributed by atoms with Crippen LogP contribution in [0.2, 0.25) is 0 Å². The van der Waals surface area contributed by atoms with E-state index < -0.39 is 6.04 Å². The minimum absolute atomic E-state index is 0.353. The molecule has 1 atom stereocenters. The Kier molecular flexibility index (Phi) is 7.19. The first-order chi connectivity index (χ1) is 14.1. The summed E-state index contributed by atoms with van der Waals surface area (Å²) in [5, 5.41) is 8.63. The fraction of sp³-hybridized carbons (Fsp3) is 0.476. The minimum Gasteiger partial charge on any atom is -0.496 e. The van der Waals surface area contributed by atoms with Crippen LogP contribution in [0, 0.1) is 0 Å². The Bertz CT molecular complexity index is 894. The number of unbranched alkanes of at least 4 members (excludes halogenated alkanes) is 1. The van der Waals surface area contributed by atoms with Crippen LogP contribution in [0.5, 0.6) is 5.75 Å². The fourth-order valence-corrected chi connectivity index (χ4v) is 4.13. The number of fused-ring (bicyclic) bond motifs is 1. The molecule has 2 aromatic rings. The summed E-state index contributed by atoms with van der Waals surface area (Å²) in [5.41, 5.74) is 2.08. The van der Waals surface area contributed by atoms with Crippen LogP contribution in [0.4, 0.5) is 5.95 Å². The first kappa shape index (κ1) is 21.2. The second-order valence-electron chi connectivity index (χ2n) is 6.81. The fourth-order valence-electron chi connectivity index (χ4n) is 3.22. The van der Waals surface area contributed by atoms with Gasteiger partial charge in [0, 0.05) is 17.0 Å². The maximum atomic E-state index is 13.0. The van der Waals surface area contributed by atoms with Crippen molar-refractivity contribution in [3.05, 3.63) is 41.1 Å². The third kappa shape index (κ3) is 4.58. The molecule has 1 unspecified atom stereocenters. The Morgan fingerprint density at radius 3 is 2.79 bits per heavy atom. The summed E-state index contributed by atoms with van der Waals surface area (Å²) in [5.74, 6) is 1.91. The number of allylic oxidation sites excluding steroid dienone is 1. The van der Waals surface area contributed by atoms with Crippen molar-refractivity contribution in [1.29, 1.82) is 0 Å². The van der Waals surface area contributed by atoms with Crippen LogP contribution >= 0.6 is 11.8 Å². The second kappa shape index (κ2) is 9.82. The largest absolute Gasteiger partial charge is 0.496 e. The number of hydrogen-bond acceptors (Lipinski definition) is 7. The predicted molar refractivity (Wildman–Crippen MR) is 114 cm³/mol. The van der Waals surface area contributed by atoms with Crippen molar-refractivity contribution in [3.8, 4) is 5.75 Å². The molecule has 0 spiro atoms. The van der Waals surface area contributed by atoms with E-state index in [9.17, 15) is 4.79 Å². The van der Waals surface area contributed by atoms with Gasteiger partial charge in [0.1, 0.15) is 11.8 Å². The molecule has 1 aliphatic rings. The van der Waals surface area contributed by atoms with Crippen molar-refractivity contribution in [2.24, 2.45) is 0 Å². The number of esters is 1. The Labute approximate surface area is 175 Å². The molecule has 1 N–H and O–H groups in total. The van der Waals surface area contributed by atoms with E-state index in [-0.39, 0.29) is 5.97 Å². The van der Waals surface area contributed by atoms with E-state index in [2.05, 4.69) is 17.2 Å². The van der Waals surface area contributed by atoms with E-state index in [1.54, 1.807) is 23.6 Å². The summed E-state index contributed by atoms with van der Waals surface area (Å²) >= 11 is 1.62. The van der Waals surface area contributed by atoms with Crippen LogP contribution in [-0.4, -0.2) is 40.2 Å². The number of nitrogens with zero attached hydrogens (tertiary/aromatic N) is 3. The number of hydrogen-bond donors (Lipinski definition) is 1. The number of thioether (sulfide) groups is 1. The van der Waals surface area contributed by atoms with Crippen molar-refractivity contribution >= 4 is 23.7 Å². The molecule has 0 aliphatic carbocycles. The van der Waals surface area contributed by atoms with Crippen molar-refractivity contribution in [2.75, 3.05) is 24.8 Å². The van der Waals surface area contributed by atoms with Gasteiger partial charge in [-0.2, -0.15) is 4.98 Å². The van der Waals surface area contributed by atoms with Gasteiger partial charge in [0.2, 0.25) is 11.1 Å². The molecular formula is C21H28N4O3S. The molecule has 1 aliphatic heterocycles. The Morgan fingerprint density at radius 1 is 1.28 bits per heavy atom. The molecule has 0 bridgehead atoms. The van der Waals surface area contributed by atoms with Crippen molar-refractivity contribution in [1.82, 2.24) is 14.8 Å². The van der Waals surface area contributed by atoms with Crippen LogP contribution in [-0.2, 0) is 9.53 Å². The third-order valence-electron chi connectivity index (χ3n) is 4.65. The van der Waals surface area contributed by atoms with E-state index >= 15 is 0 Å². The molecule has 29 heavy (non-hydrogen) atoms. The first-order valence-corrected chi connectivity index (χ1v) is 11.0. The number of aromatic nitrogens is 3. The van der Waals surface area contributed by atoms with E-state index in [1.165, 1.54) is 0 Å². The van der Waals surface area contributed by atoms with E-state index in [1.807, 2.05) is 38.1 Å². The molecule has 0 fully saturated rings. The molecule has 8 heteroatoms. The second-order valence-corrected chi connectivity index (χ2v) is 7.87. The van der Waals surface area contributed by atoms with Gasteiger partial charge in [0.15, 0.2) is 0 Å². The van der Waals surface area contributed by atoms with Crippen LogP contribution in [0.25, 0.3) is 0 Å². The standard InChI is InChI=1S/C21H28N4O3S/c1-5-7-13-29-21-23-20-22-14(3)17(19(26)28-12-6-2)18(25(20)24-21)15-10-8-9-11-16(15)27-4/h8-11,18H,5-7,12-13H2,1-4H3,(H,22,23,24). The first-order valence-electron chi connectivity index (χ1n) is 9.97. The predicted octanol–water partition coefficient (Wildman–Crippen LogP) is 4.42.